The highest BCUT2D eigenvalue weighted by Crippen LogP contribution is 2.32. The van der Waals surface area contributed by atoms with Gasteiger partial charge in [-0.3, -0.25) is 9.59 Å². The molecule has 6 nitrogen and oxygen atoms in total. The third-order valence-electron chi connectivity index (χ3n) is 4.77. The Morgan fingerprint density at radius 1 is 1.00 bits per heavy atom. The van der Waals surface area contributed by atoms with Gasteiger partial charge in [0.15, 0.2) is 5.78 Å². The first-order chi connectivity index (χ1) is 14.4. The smallest absolute Gasteiger partial charge is 0.342 e. The topological polar surface area (TPSA) is 95.7 Å². The number of carbonyl (C=O) groups excluding carboxylic acids is 3. The highest BCUT2D eigenvalue weighted by atomic mass is 35.5. The summed E-state index contributed by atoms with van der Waals surface area (Å²) < 4.78 is 10.4. The molecule has 1 aliphatic heterocycles. The minimum Gasteiger partial charge on any atom is -0.420 e. The quantitative estimate of drug-likeness (QED) is 0.378. The second kappa shape index (κ2) is 8.00. The summed E-state index contributed by atoms with van der Waals surface area (Å²) in [6, 6.07) is 18.0. The van der Waals surface area contributed by atoms with Crippen LogP contribution >= 0.6 is 11.6 Å². The molecule has 4 rings (SSSR count). The Balaban J connectivity index is 1.51. The summed E-state index contributed by atoms with van der Waals surface area (Å²) >= 11 is 5.87. The average molecular weight is 422 g/mol. The molecular weight excluding hydrogens is 406 g/mol. The molecule has 1 heterocycles. The second-order valence-corrected chi connectivity index (χ2v) is 7.14. The molecule has 0 amide bonds. The first kappa shape index (κ1) is 19.7. The third-order valence-corrected chi connectivity index (χ3v) is 5.02. The molecule has 3 aromatic rings. The molecule has 0 bridgehead atoms. The predicted octanol–water partition coefficient (Wildman–Crippen LogP) is 4.11. The van der Waals surface area contributed by atoms with Crippen LogP contribution in [0.2, 0.25) is 5.02 Å². The number of nitrogens with two attached hydrogens (primary N) is 1. The number of nitrogen functional groups attached to an aromatic ring is 1. The number of carbonyl (C=O) groups is 3. The van der Waals surface area contributed by atoms with Crippen molar-refractivity contribution in [2.24, 2.45) is 0 Å². The molecule has 7 heteroatoms. The minimum absolute atomic E-state index is 0.177. The molecule has 150 valence electrons. The van der Waals surface area contributed by atoms with Gasteiger partial charge in [0, 0.05) is 27.4 Å². The van der Waals surface area contributed by atoms with Gasteiger partial charge in [-0.25, -0.2) is 4.79 Å². The van der Waals surface area contributed by atoms with Crippen molar-refractivity contribution >= 4 is 35.0 Å². The van der Waals surface area contributed by atoms with Crippen molar-refractivity contribution in [2.45, 2.75) is 12.7 Å². The van der Waals surface area contributed by atoms with E-state index in [1.54, 1.807) is 66.7 Å². The highest BCUT2D eigenvalue weighted by Gasteiger charge is 2.33. The Hall–Kier alpha value is -3.64. The molecule has 3 aromatic carbocycles. The monoisotopic (exact) mass is 421 g/mol. The normalized spacial score (nSPS) is 14.7. The van der Waals surface area contributed by atoms with E-state index in [9.17, 15) is 14.4 Å². The number of halogens is 1. The fourth-order valence-electron chi connectivity index (χ4n) is 3.24. The lowest BCUT2D eigenvalue weighted by Crippen LogP contribution is -2.15. The van der Waals surface area contributed by atoms with E-state index in [-0.39, 0.29) is 23.5 Å². The Kier molecular flexibility index (Phi) is 5.25. The summed E-state index contributed by atoms with van der Waals surface area (Å²) in [5, 5.41) is 0.519. The first-order valence-corrected chi connectivity index (χ1v) is 9.49. The maximum Gasteiger partial charge on any atom is 0.342 e. The van der Waals surface area contributed by atoms with Crippen LogP contribution in [0.1, 0.15) is 43.7 Å². The molecule has 0 saturated carbocycles. The van der Waals surface area contributed by atoms with E-state index in [2.05, 4.69) is 0 Å². The van der Waals surface area contributed by atoms with Gasteiger partial charge in [-0.2, -0.15) is 0 Å². The van der Waals surface area contributed by atoms with Crippen molar-refractivity contribution in [1.82, 2.24) is 0 Å². The third kappa shape index (κ3) is 3.77. The lowest BCUT2D eigenvalue weighted by Gasteiger charge is -2.14. The van der Waals surface area contributed by atoms with Crippen molar-refractivity contribution in [1.29, 1.82) is 0 Å². The molecule has 2 N–H and O–H groups in total. The van der Waals surface area contributed by atoms with Crippen LogP contribution in [0, 0.1) is 0 Å². The number of hydrogen-bond acceptors (Lipinski definition) is 6. The number of ketones is 1. The summed E-state index contributed by atoms with van der Waals surface area (Å²) in [7, 11) is 0. The lowest BCUT2D eigenvalue weighted by molar-refractivity contribution is -0.166. The summed E-state index contributed by atoms with van der Waals surface area (Å²) in [5.74, 6) is -1.45. The number of esters is 2. The zero-order valence-corrected chi connectivity index (χ0v) is 16.4. The van der Waals surface area contributed by atoms with Crippen molar-refractivity contribution in [3.8, 4) is 0 Å². The SMILES string of the molecule is Nc1c(CC(=O)OC2OC(=O)c3ccccc32)cccc1C(=O)c1ccc(Cl)cc1. The van der Waals surface area contributed by atoms with Crippen molar-refractivity contribution in [3.05, 3.63) is 99.6 Å². The molecule has 0 radical (unpaired) electrons. The minimum atomic E-state index is -1.10. The van der Waals surface area contributed by atoms with E-state index in [0.29, 0.717) is 27.3 Å². The standard InChI is InChI=1S/C23H16ClNO5/c24-15-10-8-13(9-11-15)21(27)18-7-3-4-14(20(18)25)12-19(26)29-23-17-6-2-1-5-16(17)22(28)30-23/h1-11,23H,12,25H2. The summed E-state index contributed by atoms with van der Waals surface area (Å²) in [4.78, 5) is 37.1. The van der Waals surface area contributed by atoms with Gasteiger partial charge in [-0.15, -0.1) is 0 Å². The average Bonchev–Trinajstić information content (AvgIpc) is 3.05. The van der Waals surface area contributed by atoms with Gasteiger partial charge in [0.1, 0.15) is 0 Å². The van der Waals surface area contributed by atoms with E-state index in [4.69, 9.17) is 26.8 Å². The summed E-state index contributed by atoms with van der Waals surface area (Å²) in [6.07, 6.45) is -1.27. The van der Waals surface area contributed by atoms with E-state index < -0.39 is 18.2 Å². The van der Waals surface area contributed by atoms with Gasteiger partial charge in [0.2, 0.25) is 0 Å². The van der Waals surface area contributed by atoms with Crippen LogP contribution in [-0.2, 0) is 20.7 Å². The van der Waals surface area contributed by atoms with Gasteiger partial charge < -0.3 is 15.2 Å². The molecule has 0 spiro atoms. The van der Waals surface area contributed by atoms with Crippen LogP contribution in [0.15, 0.2) is 66.7 Å². The summed E-state index contributed by atoms with van der Waals surface area (Å²) in [5.41, 5.74) is 8.37. The molecule has 0 aliphatic carbocycles. The Morgan fingerprint density at radius 3 is 2.50 bits per heavy atom. The van der Waals surface area contributed by atoms with E-state index in [0.717, 1.165) is 0 Å². The Bertz CT molecular complexity index is 1160. The first-order valence-electron chi connectivity index (χ1n) is 9.11. The number of cyclic esters (lactones) is 1. The lowest BCUT2D eigenvalue weighted by atomic mass is 9.98. The number of fused-ring (bicyclic) bond motifs is 1. The Labute approximate surface area is 177 Å². The number of para-hydroxylation sites is 1. The molecule has 0 saturated heterocycles. The fraction of sp³-hybridized carbons (Fsp3) is 0.0870. The molecule has 1 aliphatic rings. The van der Waals surface area contributed by atoms with E-state index in [1.807, 2.05) is 0 Å². The molecule has 1 atom stereocenters. The molecule has 0 aromatic heterocycles. The predicted molar refractivity (Wildman–Crippen MR) is 110 cm³/mol. The van der Waals surface area contributed by atoms with Crippen LogP contribution < -0.4 is 5.73 Å². The zero-order chi connectivity index (χ0) is 21.3. The van der Waals surface area contributed by atoms with Gasteiger partial charge in [-0.05, 0) is 42.0 Å². The zero-order valence-electron chi connectivity index (χ0n) is 15.6. The van der Waals surface area contributed by atoms with Crippen LogP contribution in [0.5, 0.6) is 0 Å². The van der Waals surface area contributed by atoms with Crippen LogP contribution in [0.4, 0.5) is 5.69 Å². The van der Waals surface area contributed by atoms with Gasteiger partial charge >= 0.3 is 11.9 Å². The second-order valence-electron chi connectivity index (χ2n) is 6.71. The van der Waals surface area contributed by atoms with E-state index >= 15 is 0 Å². The van der Waals surface area contributed by atoms with Crippen molar-refractivity contribution < 1.29 is 23.9 Å². The fourth-order valence-corrected chi connectivity index (χ4v) is 3.36. The van der Waals surface area contributed by atoms with Gasteiger partial charge in [0.25, 0.3) is 6.29 Å². The van der Waals surface area contributed by atoms with Crippen LogP contribution in [0.3, 0.4) is 0 Å². The maximum atomic E-state index is 12.8. The largest absolute Gasteiger partial charge is 0.420 e. The van der Waals surface area contributed by atoms with Gasteiger partial charge in [0.05, 0.1) is 12.0 Å². The van der Waals surface area contributed by atoms with E-state index in [1.165, 1.54) is 0 Å². The van der Waals surface area contributed by atoms with Crippen LogP contribution in [0.25, 0.3) is 0 Å². The number of ether oxygens (including phenoxy) is 2. The maximum absolute atomic E-state index is 12.8. The summed E-state index contributed by atoms with van der Waals surface area (Å²) in [6.45, 7) is 0. The number of rotatable bonds is 5. The highest BCUT2D eigenvalue weighted by molar-refractivity contribution is 6.30. The number of benzene rings is 3. The van der Waals surface area contributed by atoms with Crippen LogP contribution in [-0.4, -0.2) is 17.7 Å². The Morgan fingerprint density at radius 2 is 1.73 bits per heavy atom. The van der Waals surface area contributed by atoms with Crippen molar-refractivity contribution in [3.63, 3.8) is 0 Å². The number of anilines is 1. The van der Waals surface area contributed by atoms with Gasteiger partial charge in [-0.1, -0.05) is 41.9 Å². The van der Waals surface area contributed by atoms with Crippen molar-refractivity contribution in [2.75, 3.05) is 5.73 Å². The molecular formula is C23H16ClNO5. The molecule has 30 heavy (non-hydrogen) atoms. The molecule has 1 unspecified atom stereocenters. The number of hydrogen-bond donors (Lipinski definition) is 1. The molecule has 0 fully saturated rings.